The highest BCUT2D eigenvalue weighted by atomic mass is 19.4. The number of anilines is 2. The molecular formula is C21H19F3N4O. The summed E-state index contributed by atoms with van der Waals surface area (Å²) in [5.74, 6) is 0.0313. The Balaban J connectivity index is 1.46. The fourth-order valence-corrected chi connectivity index (χ4v) is 3.51. The molecule has 0 bridgehead atoms. The third kappa shape index (κ3) is 3.83. The maximum Gasteiger partial charge on any atom is 0.435 e. The summed E-state index contributed by atoms with van der Waals surface area (Å²) in [5.41, 5.74) is 3.67. The van der Waals surface area contributed by atoms with Crippen LogP contribution in [0.4, 0.5) is 24.5 Å². The van der Waals surface area contributed by atoms with E-state index in [1.165, 1.54) is 10.9 Å². The minimum absolute atomic E-state index is 0.0313. The van der Waals surface area contributed by atoms with Gasteiger partial charge in [0.05, 0.1) is 5.69 Å². The van der Waals surface area contributed by atoms with Crippen molar-refractivity contribution in [2.75, 3.05) is 16.8 Å². The first-order chi connectivity index (χ1) is 13.8. The Morgan fingerprint density at radius 1 is 1.14 bits per heavy atom. The smallest absolute Gasteiger partial charge is 0.381 e. The molecule has 1 amide bonds. The van der Waals surface area contributed by atoms with E-state index in [4.69, 9.17) is 0 Å². The van der Waals surface area contributed by atoms with Crippen molar-refractivity contribution in [3.8, 4) is 5.69 Å². The topological polar surface area (TPSA) is 50.2 Å². The first-order valence-corrected chi connectivity index (χ1v) is 9.19. The lowest BCUT2D eigenvalue weighted by atomic mass is 10.1. The lowest BCUT2D eigenvalue weighted by molar-refractivity contribution is -0.141. The number of fused-ring (bicyclic) bond motifs is 1. The Morgan fingerprint density at radius 2 is 1.90 bits per heavy atom. The average Bonchev–Trinajstić information content (AvgIpc) is 3.34. The third-order valence-electron chi connectivity index (χ3n) is 4.97. The van der Waals surface area contributed by atoms with E-state index >= 15 is 0 Å². The molecule has 1 aliphatic rings. The summed E-state index contributed by atoms with van der Waals surface area (Å²) in [5, 5.41) is 6.97. The van der Waals surface area contributed by atoms with Crippen LogP contribution in [0.25, 0.3) is 5.69 Å². The molecule has 0 aliphatic carbocycles. The molecule has 5 nitrogen and oxygen atoms in total. The number of hydrogen-bond acceptors (Lipinski definition) is 3. The number of nitrogens with one attached hydrogen (secondary N) is 1. The van der Waals surface area contributed by atoms with Crippen molar-refractivity contribution in [3.05, 3.63) is 71.5 Å². The van der Waals surface area contributed by atoms with E-state index in [0.717, 1.165) is 35.0 Å². The molecule has 0 unspecified atom stereocenters. The molecule has 0 saturated carbocycles. The zero-order chi connectivity index (χ0) is 20.6. The van der Waals surface area contributed by atoms with Crippen molar-refractivity contribution >= 4 is 17.3 Å². The van der Waals surface area contributed by atoms with Gasteiger partial charge in [-0.1, -0.05) is 18.2 Å². The van der Waals surface area contributed by atoms with Crippen LogP contribution in [0.5, 0.6) is 0 Å². The van der Waals surface area contributed by atoms with Gasteiger partial charge in [-0.25, -0.2) is 4.68 Å². The van der Waals surface area contributed by atoms with Crippen molar-refractivity contribution in [2.45, 2.75) is 26.1 Å². The number of hydrogen-bond donors (Lipinski definition) is 1. The molecule has 0 spiro atoms. The Bertz CT molecular complexity index is 1040. The minimum atomic E-state index is -4.46. The molecule has 0 fully saturated rings. The fourth-order valence-electron chi connectivity index (χ4n) is 3.51. The molecule has 1 N–H and O–H groups in total. The van der Waals surface area contributed by atoms with E-state index < -0.39 is 11.9 Å². The summed E-state index contributed by atoms with van der Waals surface area (Å²) in [7, 11) is 0. The number of halogens is 3. The van der Waals surface area contributed by atoms with Crippen LogP contribution in [0.2, 0.25) is 0 Å². The van der Waals surface area contributed by atoms with Gasteiger partial charge in [-0.2, -0.15) is 18.3 Å². The molecule has 3 aromatic rings. The second-order valence-electron chi connectivity index (χ2n) is 6.89. The number of amides is 1. The van der Waals surface area contributed by atoms with Gasteiger partial charge >= 0.3 is 6.18 Å². The Morgan fingerprint density at radius 3 is 2.55 bits per heavy atom. The van der Waals surface area contributed by atoms with Crippen molar-refractivity contribution in [2.24, 2.45) is 0 Å². The van der Waals surface area contributed by atoms with Gasteiger partial charge in [-0.3, -0.25) is 4.79 Å². The van der Waals surface area contributed by atoms with E-state index in [1.54, 1.807) is 24.0 Å². The highest BCUT2D eigenvalue weighted by Gasteiger charge is 2.33. The van der Waals surface area contributed by atoms with Crippen molar-refractivity contribution in [1.82, 2.24) is 9.78 Å². The molecule has 1 aliphatic heterocycles. The van der Waals surface area contributed by atoms with E-state index in [-0.39, 0.29) is 5.91 Å². The first kappa shape index (κ1) is 19.0. The Labute approximate surface area is 165 Å². The predicted octanol–water partition coefficient (Wildman–Crippen LogP) is 4.41. The number of carbonyl (C=O) groups excluding carboxylic acids is 1. The summed E-state index contributed by atoms with van der Waals surface area (Å²) in [6.07, 6.45) is -2.36. The monoisotopic (exact) mass is 400 g/mol. The number of alkyl halides is 3. The van der Waals surface area contributed by atoms with Crippen LogP contribution in [-0.4, -0.2) is 22.2 Å². The lowest BCUT2D eigenvalue weighted by Gasteiger charge is -2.16. The van der Waals surface area contributed by atoms with Crippen LogP contribution in [0.1, 0.15) is 23.7 Å². The van der Waals surface area contributed by atoms with Gasteiger partial charge in [0.2, 0.25) is 5.91 Å². The largest absolute Gasteiger partial charge is 0.435 e. The molecule has 150 valence electrons. The minimum Gasteiger partial charge on any atom is -0.381 e. The van der Waals surface area contributed by atoms with Gasteiger partial charge < -0.3 is 10.2 Å². The summed E-state index contributed by atoms with van der Waals surface area (Å²) in [6.45, 7) is 2.81. The normalized spacial score (nSPS) is 13.4. The van der Waals surface area contributed by atoms with E-state index in [0.29, 0.717) is 18.8 Å². The maximum atomic E-state index is 12.7. The second kappa shape index (κ2) is 7.27. The molecule has 29 heavy (non-hydrogen) atoms. The van der Waals surface area contributed by atoms with Crippen molar-refractivity contribution in [3.63, 3.8) is 0 Å². The Kier molecular flexibility index (Phi) is 4.77. The van der Waals surface area contributed by atoms with Crippen LogP contribution < -0.4 is 10.2 Å². The fraction of sp³-hybridized carbons (Fsp3) is 0.238. The summed E-state index contributed by atoms with van der Waals surface area (Å²) < 4.78 is 39.3. The van der Waals surface area contributed by atoms with Crippen LogP contribution in [0, 0.1) is 0 Å². The van der Waals surface area contributed by atoms with Gasteiger partial charge in [0.25, 0.3) is 0 Å². The summed E-state index contributed by atoms with van der Waals surface area (Å²) in [4.78, 5) is 13.5. The number of benzene rings is 2. The molecule has 2 aromatic carbocycles. The van der Waals surface area contributed by atoms with Crippen molar-refractivity contribution < 1.29 is 18.0 Å². The zero-order valence-electron chi connectivity index (χ0n) is 15.7. The third-order valence-corrected chi connectivity index (χ3v) is 4.97. The van der Waals surface area contributed by atoms with E-state index in [1.807, 2.05) is 30.3 Å². The van der Waals surface area contributed by atoms with E-state index in [9.17, 15) is 18.0 Å². The molecule has 4 rings (SSSR count). The van der Waals surface area contributed by atoms with Crippen LogP contribution in [0.15, 0.2) is 54.7 Å². The van der Waals surface area contributed by atoms with Gasteiger partial charge in [-0.15, -0.1) is 0 Å². The van der Waals surface area contributed by atoms with Gasteiger partial charge in [0.1, 0.15) is 0 Å². The second-order valence-corrected chi connectivity index (χ2v) is 6.89. The molecule has 1 aromatic heterocycles. The summed E-state index contributed by atoms with van der Waals surface area (Å²) >= 11 is 0. The highest BCUT2D eigenvalue weighted by molar-refractivity contribution is 5.95. The van der Waals surface area contributed by atoms with E-state index in [2.05, 4.69) is 10.4 Å². The summed E-state index contributed by atoms with van der Waals surface area (Å²) in [6, 6.07) is 14.0. The van der Waals surface area contributed by atoms with Gasteiger partial charge in [-0.05, 0) is 42.3 Å². The molecule has 0 radical (unpaired) electrons. The van der Waals surface area contributed by atoms with Crippen LogP contribution >= 0.6 is 0 Å². The number of aromatic nitrogens is 2. The molecular weight excluding hydrogens is 381 g/mol. The predicted molar refractivity (Wildman–Crippen MR) is 104 cm³/mol. The standard InChI is InChI=1S/C21H19F3N4O/c1-14(29)27-11-9-17-18(3-2-4-19(17)27)25-13-15-5-7-16(8-6-15)28-12-10-20(26-28)21(22,23)24/h2-8,10,12,25H,9,11,13H2,1H3. The lowest BCUT2D eigenvalue weighted by Crippen LogP contribution is -2.25. The molecule has 0 atom stereocenters. The number of carbonyl (C=O) groups is 1. The molecule has 8 heteroatoms. The number of rotatable bonds is 4. The van der Waals surface area contributed by atoms with Gasteiger partial charge in [0.15, 0.2) is 5.69 Å². The maximum absolute atomic E-state index is 12.7. The van der Waals surface area contributed by atoms with Gasteiger partial charge in [0, 0.05) is 43.1 Å². The highest BCUT2D eigenvalue weighted by Crippen LogP contribution is 2.34. The average molecular weight is 400 g/mol. The van der Waals surface area contributed by atoms with Crippen molar-refractivity contribution in [1.29, 1.82) is 0 Å². The number of nitrogens with zero attached hydrogens (tertiary/aromatic N) is 3. The zero-order valence-corrected chi connectivity index (χ0v) is 15.7. The quantitative estimate of drug-likeness (QED) is 0.706. The molecule has 0 saturated heterocycles. The van der Waals surface area contributed by atoms with Crippen LogP contribution in [-0.2, 0) is 23.9 Å². The molecule has 2 heterocycles. The first-order valence-electron chi connectivity index (χ1n) is 9.19. The van der Waals surface area contributed by atoms with Crippen LogP contribution in [0.3, 0.4) is 0 Å². The SMILES string of the molecule is CC(=O)N1CCc2c(NCc3ccc(-n4ccc(C(F)(F)F)n4)cc3)cccc21. The Hall–Kier alpha value is -3.29.